The Morgan fingerprint density at radius 1 is 1.33 bits per heavy atom. The van der Waals surface area contributed by atoms with Gasteiger partial charge in [-0.2, -0.15) is 0 Å². The van der Waals surface area contributed by atoms with Gasteiger partial charge in [0.05, 0.1) is 0 Å². The van der Waals surface area contributed by atoms with Crippen molar-refractivity contribution < 1.29 is 0 Å². The first-order chi connectivity index (χ1) is 8.60. The molecule has 0 aromatic heterocycles. The Kier molecular flexibility index (Phi) is 4.18. The number of nitrogens with one attached hydrogen (secondary N) is 1. The number of rotatable bonds is 3. The third kappa shape index (κ3) is 2.65. The van der Waals surface area contributed by atoms with Gasteiger partial charge in [0.25, 0.3) is 0 Å². The van der Waals surface area contributed by atoms with Crippen LogP contribution in [0.3, 0.4) is 0 Å². The van der Waals surface area contributed by atoms with E-state index in [-0.39, 0.29) is 5.54 Å². The van der Waals surface area contributed by atoms with Gasteiger partial charge in [-0.15, -0.1) is 0 Å². The molecule has 0 bridgehead atoms. The molecule has 0 saturated carbocycles. The number of halogens is 1. The second-order valence-electron chi connectivity index (χ2n) is 5.27. The molecule has 2 nitrogen and oxygen atoms in total. The fraction of sp³-hybridized carbons (Fsp3) is 0.600. The van der Waals surface area contributed by atoms with Gasteiger partial charge in [0.1, 0.15) is 0 Å². The summed E-state index contributed by atoms with van der Waals surface area (Å²) in [5, 5.41) is 4.52. The number of benzene rings is 1. The van der Waals surface area contributed by atoms with Crippen molar-refractivity contribution in [2.45, 2.75) is 39.2 Å². The smallest absolute Gasteiger partial charge is 0.0410 e. The van der Waals surface area contributed by atoms with E-state index < -0.39 is 0 Å². The maximum absolute atomic E-state index is 6.04. The first kappa shape index (κ1) is 13.7. The van der Waals surface area contributed by atoms with E-state index in [0.717, 1.165) is 24.7 Å². The van der Waals surface area contributed by atoms with Crippen molar-refractivity contribution in [2.24, 2.45) is 0 Å². The molecule has 1 aliphatic rings. The van der Waals surface area contributed by atoms with Crippen LogP contribution in [0.5, 0.6) is 0 Å². The maximum Gasteiger partial charge on any atom is 0.0410 e. The molecule has 0 unspecified atom stereocenters. The molecule has 0 amide bonds. The van der Waals surface area contributed by atoms with Crippen LogP contribution in [0, 0.1) is 6.92 Å². The third-order valence-corrected chi connectivity index (χ3v) is 4.46. The highest BCUT2D eigenvalue weighted by Crippen LogP contribution is 2.28. The van der Waals surface area contributed by atoms with Crippen molar-refractivity contribution in [1.82, 2.24) is 5.32 Å². The summed E-state index contributed by atoms with van der Waals surface area (Å²) in [4.78, 5) is 2.50. The van der Waals surface area contributed by atoms with Gasteiger partial charge in [0.2, 0.25) is 0 Å². The molecule has 100 valence electrons. The number of anilines is 1. The van der Waals surface area contributed by atoms with Gasteiger partial charge in [0, 0.05) is 35.9 Å². The molecular formula is C15H23ClN2. The number of nitrogens with zero attached hydrogens (tertiary/aromatic N) is 1. The zero-order valence-electron chi connectivity index (χ0n) is 11.6. The summed E-state index contributed by atoms with van der Waals surface area (Å²) in [5.41, 5.74) is 2.86. The third-order valence-electron chi connectivity index (χ3n) is 4.23. The highest BCUT2D eigenvalue weighted by Gasteiger charge is 2.32. The molecule has 0 radical (unpaired) electrons. The highest BCUT2D eigenvalue weighted by atomic mass is 35.5. The second-order valence-corrected chi connectivity index (χ2v) is 5.70. The predicted octanol–water partition coefficient (Wildman–Crippen LogP) is 3.62. The lowest BCUT2D eigenvalue weighted by Crippen LogP contribution is -2.60. The molecule has 1 fully saturated rings. The SMILES string of the molecule is CCC1(CC)CN(c2ccc(Cl)cc2C)CCN1. The monoisotopic (exact) mass is 266 g/mol. The minimum absolute atomic E-state index is 0.268. The molecule has 1 heterocycles. The van der Waals surface area contributed by atoms with Crippen molar-refractivity contribution in [3.05, 3.63) is 28.8 Å². The average Bonchev–Trinajstić information content (AvgIpc) is 2.38. The Labute approximate surface area is 115 Å². The minimum atomic E-state index is 0.268. The Hall–Kier alpha value is -0.730. The summed E-state index contributed by atoms with van der Waals surface area (Å²) >= 11 is 6.04. The molecule has 1 saturated heterocycles. The van der Waals surface area contributed by atoms with E-state index in [9.17, 15) is 0 Å². The number of hydrogen-bond donors (Lipinski definition) is 1. The molecule has 1 aromatic rings. The second kappa shape index (κ2) is 5.50. The van der Waals surface area contributed by atoms with E-state index in [2.05, 4.69) is 43.1 Å². The quantitative estimate of drug-likeness (QED) is 0.899. The molecule has 0 spiro atoms. The lowest BCUT2D eigenvalue weighted by molar-refractivity contribution is 0.277. The topological polar surface area (TPSA) is 15.3 Å². The maximum atomic E-state index is 6.04. The summed E-state index contributed by atoms with van der Waals surface area (Å²) in [6.45, 7) is 9.91. The molecule has 3 heteroatoms. The van der Waals surface area contributed by atoms with Crippen LogP contribution < -0.4 is 10.2 Å². The van der Waals surface area contributed by atoms with Crippen LogP contribution >= 0.6 is 11.6 Å². The van der Waals surface area contributed by atoms with Gasteiger partial charge in [-0.25, -0.2) is 0 Å². The van der Waals surface area contributed by atoms with E-state index in [0.29, 0.717) is 0 Å². The summed E-state index contributed by atoms with van der Waals surface area (Å²) in [5.74, 6) is 0. The van der Waals surface area contributed by atoms with Gasteiger partial charge in [-0.1, -0.05) is 25.4 Å². The number of hydrogen-bond acceptors (Lipinski definition) is 2. The van der Waals surface area contributed by atoms with Crippen molar-refractivity contribution >= 4 is 17.3 Å². The van der Waals surface area contributed by atoms with Crippen LogP contribution in [-0.4, -0.2) is 25.2 Å². The van der Waals surface area contributed by atoms with Crippen LogP contribution in [0.15, 0.2) is 18.2 Å². The largest absolute Gasteiger partial charge is 0.368 e. The fourth-order valence-electron chi connectivity index (χ4n) is 2.86. The molecule has 18 heavy (non-hydrogen) atoms. The first-order valence-corrected chi connectivity index (χ1v) is 7.24. The van der Waals surface area contributed by atoms with Crippen LogP contribution in [-0.2, 0) is 0 Å². The zero-order valence-corrected chi connectivity index (χ0v) is 12.3. The Bertz CT molecular complexity index is 413. The average molecular weight is 267 g/mol. The zero-order chi connectivity index (χ0) is 13.2. The van der Waals surface area contributed by atoms with Crippen molar-refractivity contribution in [3.63, 3.8) is 0 Å². The summed E-state index contributed by atoms with van der Waals surface area (Å²) in [6, 6.07) is 6.20. The van der Waals surface area contributed by atoms with E-state index in [1.807, 2.05) is 6.07 Å². The standard InChI is InChI=1S/C15H23ClN2/c1-4-15(5-2)11-18(9-8-17-15)14-7-6-13(16)10-12(14)3/h6-7,10,17H,4-5,8-9,11H2,1-3H3. The van der Waals surface area contributed by atoms with Crippen molar-refractivity contribution in [2.75, 3.05) is 24.5 Å². The molecule has 0 atom stereocenters. The fourth-order valence-corrected chi connectivity index (χ4v) is 3.09. The Morgan fingerprint density at radius 2 is 2.06 bits per heavy atom. The van der Waals surface area contributed by atoms with Gasteiger partial charge in [-0.05, 0) is 43.5 Å². The number of aryl methyl sites for hydroxylation is 1. The van der Waals surface area contributed by atoms with Gasteiger partial charge in [-0.3, -0.25) is 0 Å². The molecule has 1 aliphatic heterocycles. The predicted molar refractivity (Wildman–Crippen MR) is 79.7 cm³/mol. The minimum Gasteiger partial charge on any atom is -0.368 e. The lowest BCUT2D eigenvalue weighted by Gasteiger charge is -2.44. The Balaban J connectivity index is 2.23. The van der Waals surface area contributed by atoms with Gasteiger partial charge in [0.15, 0.2) is 0 Å². The molecular weight excluding hydrogens is 244 g/mol. The summed E-state index contributed by atoms with van der Waals surface area (Å²) in [7, 11) is 0. The van der Waals surface area contributed by atoms with Crippen LogP contribution in [0.2, 0.25) is 5.02 Å². The van der Waals surface area contributed by atoms with E-state index in [1.54, 1.807) is 0 Å². The van der Waals surface area contributed by atoms with E-state index >= 15 is 0 Å². The van der Waals surface area contributed by atoms with Crippen molar-refractivity contribution in [1.29, 1.82) is 0 Å². The molecule has 0 aliphatic carbocycles. The van der Waals surface area contributed by atoms with Crippen LogP contribution in [0.25, 0.3) is 0 Å². The van der Waals surface area contributed by atoms with Crippen LogP contribution in [0.1, 0.15) is 32.3 Å². The molecule has 1 aromatic carbocycles. The highest BCUT2D eigenvalue weighted by molar-refractivity contribution is 6.30. The Morgan fingerprint density at radius 3 is 2.67 bits per heavy atom. The first-order valence-electron chi connectivity index (χ1n) is 6.86. The van der Waals surface area contributed by atoms with Crippen LogP contribution in [0.4, 0.5) is 5.69 Å². The van der Waals surface area contributed by atoms with E-state index in [4.69, 9.17) is 11.6 Å². The van der Waals surface area contributed by atoms with Gasteiger partial charge < -0.3 is 10.2 Å². The van der Waals surface area contributed by atoms with E-state index in [1.165, 1.54) is 24.1 Å². The summed E-state index contributed by atoms with van der Waals surface area (Å²) < 4.78 is 0. The molecule has 1 N–H and O–H groups in total. The van der Waals surface area contributed by atoms with Gasteiger partial charge >= 0.3 is 0 Å². The van der Waals surface area contributed by atoms with Crippen molar-refractivity contribution in [3.8, 4) is 0 Å². The molecule has 2 rings (SSSR count). The summed E-state index contributed by atoms with van der Waals surface area (Å²) in [6.07, 6.45) is 2.35. The number of piperazine rings is 1. The lowest BCUT2D eigenvalue weighted by atomic mass is 9.90. The normalized spacial score (nSPS) is 19.0.